The summed E-state index contributed by atoms with van der Waals surface area (Å²) in [7, 11) is 1.70. The third kappa shape index (κ3) is 3.49. The molecule has 0 radical (unpaired) electrons. The Morgan fingerprint density at radius 1 is 1.45 bits per heavy atom. The Kier molecular flexibility index (Phi) is 5.38. The molecule has 1 aromatic carbocycles. The Morgan fingerprint density at radius 2 is 2.25 bits per heavy atom. The first-order chi connectivity index (χ1) is 9.74. The summed E-state index contributed by atoms with van der Waals surface area (Å²) in [6, 6.07) is 8.12. The average Bonchev–Trinajstić information content (AvgIpc) is 2.47. The number of hydrogen-bond donors (Lipinski definition) is 2. The Hall–Kier alpha value is -1.59. The normalized spacial score (nSPS) is 19.0. The van der Waals surface area contributed by atoms with Gasteiger partial charge in [-0.2, -0.15) is 0 Å². The van der Waals surface area contributed by atoms with E-state index in [-0.39, 0.29) is 11.9 Å². The summed E-state index contributed by atoms with van der Waals surface area (Å²) in [5, 5.41) is 6.25. The van der Waals surface area contributed by atoms with Crippen molar-refractivity contribution in [3.63, 3.8) is 0 Å². The molecule has 1 amide bonds. The number of nitrogens with zero attached hydrogens (tertiary/aromatic N) is 1. The van der Waals surface area contributed by atoms with Crippen LogP contribution in [0.4, 0.5) is 5.69 Å². The molecule has 2 N–H and O–H groups in total. The molecule has 1 aromatic rings. The van der Waals surface area contributed by atoms with Crippen LogP contribution in [0.3, 0.4) is 0 Å². The van der Waals surface area contributed by atoms with E-state index in [9.17, 15) is 4.79 Å². The molecule has 110 valence electrons. The molecular weight excluding hydrogens is 254 g/mol. The highest BCUT2D eigenvalue weighted by molar-refractivity contribution is 5.86. The second-order valence-electron chi connectivity index (χ2n) is 4.96. The lowest BCUT2D eigenvalue weighted by molar-refractivity contribution is -0.122. The van der Waals surface area contributed by atoms with Gasteiger partial charge >= 0.3 is 0 Å². The molecule has 1 fully saturated rings. The average molecular weight is 277 g/mol. The van der Waals surface area contributed by atoms with Crippen molar-refractivity contribution in [2.24, 2.45) is 0 Å². The summed E-state index contributed by atoms with van der Waals surface area (Å²) in [6.07, 6.45) is 0. The van der Waals surface area contributed by atoms with Crippen molar-refractivity contribution in [3.05, 3.63) is 29.8 Å². The lowest BCUT2D eigenvalue weighted by Crippen LogP contribution is -2.54. The molecule has 1 atom stereocenters. The van der Waals surface area contributed by atoms with Crippen molar-refractivity contribution < 1.29 is 9.53 Å². The maximum atomic E-state index is 11.8. The molecule has 0 bridgehead atoms. The Labute approximate surface area is 120 Å². The summed E-state index contributed by atoms with van der Waals surface area (Å²) >= 11 is 0. The third-order valence-corrected chi connectivity index (χ3v) is 3.60. The first-order valence-corrected chi connectivity index (χ1v) is 7.06. The number of piperazine rings is 1. The van der Waals surface area contributed by atoms with Gasteiger partial charge in [0.05, 0.1) is 6.61 Å². The number of anilines is 1. The summed E-state index contributed by atoms with van der Waals surface area (Å²) in [5.41, 5.74) is 2.35. The summed E-state index contributed by atoms with van der Waals surface area (Å²) in [5.74, 6) is 0.0957. The van der Waals surface area contributed by atoms with Gasteiger partial charge in [-0.3, -0.25) is 4.79 Å². The zero-order valence-corrected chi connectivity index (χ0v) is 12.2. The highest BCUT2D eigenvalue weighted by Crippen LogP contribution is 2.23. The summed E-state index contributed by atoms with van der Waals surface area (Å²) < 4.78 is 5.03. The zero-order valence-electron chi connectivity index (χ0n) is 12.2. The SMILES string of the molecule is COCCNCc1ccccc1N1CCNC(=O)C1C. The minimum absolute atomic E-state index is 0.0957. The molecule has 1 aliphatic rings. The van der Waals surface area contributed by atoms with Gasteiger partial charge in [-0.15, -0.1) is 0 Å². The van der Waals surface area contributed by atoms with Crippen LogP contribution >= 0.6 is 0 Å². The molecule has 1 saturated heterocycles. The van der Waals surface area contributed by atoms with E-state index in [0.717, 1.165) is 25.3 Å². The summed E-state index contributed by atoms with van der Waals surface area (Å²) in [6.45, 7) is 5.80. The predicted octanol–water partition coefficient (Wildman–Crippen LogP) is 0.747. The molecule has 0 saturated carbocycles. The van der Waals surface area contributed by atoms with Crippen LogP contribution in [0.2, 0.25) is 0 Å². The number of para-hydroxylation sites is 1. The first kappa shape index (κ1) is 14.8. The van der Waals surface area contributed by atoms with Crippen LogP contribution in [0.25, 0.3) is 0 Å². The molecule has 20 heavy (non-hydrogen) atoms. The monoisotopic (exact) mass is 277 g/mol. The number of rotatable bonds is 6. The number of carbonyl (C=O) groups excluding carboxylic acids is 1. The third-order valence-electron chi connectivity index (χ3n) is 3.60. The fourth-order valence-electron chi connectivity index (χ4n) is 2.45. The van der Waals surface area contributed by atoms with Gasteiger partial charge in [0.1, 0.15) is 6.04 Å². The van der Waals surface area contributed by atoms with E-state index in [4.69, 9.17) is 4.74 Å². The highest BCUT2D eigenvalue weighted by Gasteiger charge is 2.26. The van der Waals surface area contributed by atoms with E-state index in [1.54, 1.807) is 7.11 Å². The van der Waals surface area contributed by atoms with E-state index in [1.807, 2.05) is 19.1 Å². The fourth-order valence-corrected chi connectivity index (χ4v) is 2.45. The lowest BCUT2D eigenvalue weighted by Gasteiger charge is -2.36. The number of hydrogen-bond acceptors (Lipinski definition) is 4. The van der Waals surface area contributed by atoms with Crippen molar-refractivity contribution in [1.82, 2.24) is 10.6 Å². The fraction of sp³-hybridized carbons (Fsp3) is 0.533. The number of amides is 1. The zero-order chi connectivity index (χ0) is 14.4. The van der Waals surface area contributed by atoms with Gasteiger partial charge in [-0.05, 0) is 18.6 Å². The van der Waals surface area contributed by atoms with Crippen molar-refractivity contribution in [3.8, 4) is 0 Å². The number of carbonyl (C=O) groups is 1. The van der Waals surface area contributed by atoms with Gasteiger partial charge in [0, 0.05) is 39.0 Å². The van der Waals surface area contributed by atoms with Gasteiger partial charge < -0.3 is 20.3 Å². The maximum absolute atomic E-state index is 11.8. The summed E-state index contributed by atoms with van der Waals surface area (Å²) in [4.78, 5) is 14.0. The smallest absolute Gasteiger partial charge is 0.242 e. The maximum Gasteiger partial charge on any atom is 0.242 e. The Morgan fingerprint density at radius 3 is 3.05 bits per heavy atom. The topological polar surface area (TPSA) is 53.6 Å². The van der Waals surface area contributed by atoms with Gasteiger partial charge in [0.15, 0.2) is 0 Å². The molecule has 5 nitrogen and oxygen atoms in total. The van der Waals surface area contributed by atoms with Crippen molar-refractivity contribution in [2.75, 3.05) is 38.3 Å². The van der Waals surface area contributed by atoms with Gasteiger partial charge in [0.2, 0.25) is 5.91 Å². The quantitative estimate of drug-likeness (QED) is 0.753. The second-order valence-corrected chi connectivity index (χ2v) is 4.96. The number of nitrogens with one attached hydrogen (secondary N) is 2. The van der Waals surface area contributed by atoms with Crippen LogP contribution in [0, 0.1) is 0 Å². The highest BCUT2D eigenvalue weighted by atomic mass is 16.5. The molecule has 5 heteroatoms. The van der Waals surface area contributed by atoms with Crippen LogP contribution in [0.1, 0.15) is 12.5 Å². The standard InChI is InChI=1S/C15H23N3O2/c1-12-15(19)17-7-9-18(12)14-6-4-3-5-13(14)11-16-8-10-20-2/h3-6,12,16H,7-11H2,1-2H3,(H,17,19). The van der Waals surface area contributed by atoms with E-state index in [2.05, 4.69) is 27.7 Å². The van der Waals surface area contributed by atoms with E-state index >= 15 is 0 Å². The lowest BCUT2D eigenvalue weighted by atomic mass is 10.1. The Balaban J connectivity index is 2.08. The predicted molar refractivity (Wildman–Crippen MR) is 79.8 cm³/mol. The first-order valence-electron chi connectivity index (χ1n) is 7.06. The second kappa shape index (κ2) is 7.26. The van der Waals surface area contributed by atoms with Crippen LogP contribution in [0.5, 0.6) is 0 Å². The molecule has 0 aliphatic carbocycles. The van der Waals surface area contributed by atoms with Crippen LogP contribution < -0.4 is 15.5 Å². The minimum Gasteiger partial charge on any atom is -0.383 e. The van der Waals surface area contributed by atoms with Crippen molar-refractivity contribution >= 4 is 11.6 Å². The minimum atomic E-state index is -0.121. The van der Waals surface area contributed by atoms with E-state index < -0.39 is 0 Å². The molecular formula is C15H23N3O2. The number of ether oxygens (including phenoxy) is 1. The van der Waals surface area contributed by atoms with Crippen molar-refractivity contribution in [1.29, 1.82) is 0 Å². The molecule has 0 spiro atoms. The van der Waals surface area contributed by atoms with Gasteiger partial charge in [-0.25, -0.2) is 0 Å². The van der Waals surface area contributed by atoms with Crippen LogP contribution in [-0.4, -0.2) is 45.3 Å². The van der Waals surface area contributed by atoms with Crippen molar-refractivity contribution in [2.45, 2.75) is 19.5 Å². The molecule has 1 unspecified atom stereocenters. The largest absolute Gasteiger partial charge is 0.383 e. The molecule has 2 rings (SSSR count). The van der Waals surface area contributed by atoms with E-state index in [1.165, 1.54) is 5.56 Å². The molecule has 1 aliphatic heterocycles. The van der Waals surface area contributed by atoms with E-state index in [0.29, 0.717) is 13.2 Å². The van der Waals surface area contributed by atoms with Crippen LogP contribution in [-0.2, 0) is 16.1 Å². The Bertz CT molecular complexity index is 450. The molecule has 0 aromatic heterocycles. The van der Waals surface area contributed by atoms with Gasteiger partial charge in [0.25, 0.3) is 0 Å². The molecule has 1 heterocycles. The van der Waals surface area contributed by atoms with Gasteiger partial charge in [-0.1, -0.05) is 18.2 Å². The number of benzene rings is 1. The number of methoxy groups -OCH3 is 1. The van der Waals surface area contributed by atoms with Crippen LogP contribution in [0.15, 0.2) is 24.3 Å².